The van der Waals surface area contributed by atoms with E-state index in [-0.39, 0.29) is 6.04 Å². The first-order valence-corrected chi connectivity index (χ1v) is 13.2. The molecule has 1 aliphatic rings. The lowest BCUT2D eigenvalue weighted by Crippen LogP contribution is -2.60. The van der Waals surface area contributed by atoms with Crippen LogP contribution < -0.4 is 20.3 Å². The van der Waals surface area contributed by atoms with Crippen LogP contribution in [-0.2, 0) is 11.8 Å². The maximum Gasteiger partial charge on any atom is 0.407 e. The number of carbonyl (C=O) groups excluding carboxylic acids is 1. The van der Waals surface area contributed by atoms with Crippen LogP contribution in [0, 0.1) is 6.92 Å². The van der Waals surface area contributed by atoms with E-state index in [1.54, 1.807) is 18.7 Å². The molecule has 4 aromatic heterocycles. The molecular weight excluding hydrogens is 524 g/mol. The van der Waals surface area contributed by atoms with E-state index in [4.69, 9.17) is 14.5 Å². The third kappa shape index (κ3) is 5.64. The first kappa shape index (κ1) is 26.2. The summed E-state index contributed by atoms with van der Waals surface area (Å²) < 4.78 is 13.3. The van der Waals surface area contributed by atoms with Gasteiger partial charge in [0.15, 0.2) is 11.5 Å². The molecule has 41 heavy (non-hydrogen) atoms. The fourth-order valence-corrected chi connectivity index (χ4v) is 4.45. The van der Waals surface area contributed by atoms with Crippen LogP contribution in [0.3, 0.4) is 0 Å². The van der Waals surface area contributed by atoms with E-state index in [0.717, 1.165) is 22.4 Å². The summed E-state index contributed by atoms with van der Waals surface area (Å²) in [5, 5.41) is 6.22. The number of carbonyl (C=O) groups is 1. The Balaban J connectivity index is 1.15. The lowest BCUT2D eigenvalue weighted by atomic mass is 10.1. The molecule has 0 aliphatic carbocycles. The molecule has 5 heterocycles. The van der Waals surface area contributed by atoms with Crippen LogP contribution in [0.15, 0.2) is 49.3 Å². The van der Waals surface area contributed by atoms with Crippen LogP contribution in [-0.4, -0.2) is 65.3 Å². The van der Waals surface area contributed by atoms with Gasteiger partial charge in [0.2, 0.25) is 5.95 Å². The van der Waals surface area contributed by atoms with Crippen molar-refractivity contribution in [2.75, 3.05) is 23.3 Å². The van der Waals surface area contributed by atoms with Crippen molar-refractivity contribution in [1.82, 2.24) is 39.8 Å². The monoisotopic (exact) mass is 554 g/mol. The van der Waals surface area contributed by atoms with Gasteiger partial charge in [0.1, 0.15) is 40.0 Å². The Morgan fingerprint density at radius 1 is 1.02 bits per heavy atom. The second-order valence-corrected chi connectivity index (χ2v) is 11.0. The van der Waals surface area contributed by atoms with E-state index < -0.39 is 11.7 Å². The summed E-state index contributed by atoms with van der Waals surface area (Å²) in [6.07, 6.45) is 6.13. The fourth-order valence-electron chi connectivity index (χ4n) is 4.45. The number of pyridine rings is 1. The summed E-state index contributed by atoms with van der Waals surface area (Å²) in [6.45, 7) is 8.62. The molecule has 13 heteroatoms. The molecular formula is C28H30N10O3. The maximum atomic E-state index is 12.1. The van der Waals surface area contributed by atoms with E-state index in [1.807, 2.05) is 68.5 Å². The number of hydrogen-bond donors (Lipinski definition) is 2. The van der Waals surface area contributed by atoms with E-state index >= 15 is 0 Å². The predicted molar refractivity (Wildman–Crippen MR) is 154 cm³/mol. The summed E-state index contributed by atoms with van der Waals surface area (Å²) in [7, 11) is 1.90. The number of nitrogens with zero attached hydrogens (tertiary/aromatic N) is 8. The van der Waals surface area contributed by atoms with E-state index in [0.29, 0.717) is 47.4 Å². The van der Waals surface area contributed by atoms with Gasteiger partial charge in [-0.15, -0.1) is 0 Å². The number of aryl methyl sites for hydroxylation is 2. The minimum atomic E-state index is -0.545. The van der Waals surface area contributed by atoms with Crippen molar-refractivity contribution in [2.24, 2.45) is 7.05 Å². The van der Waals surface area contributed by atoms with Crippen LogP contribution in [0.2, 0.25) is 0 Å². The highest BCUT2D eigenvalue weighted by Crippen LogP contribution is 2.30. The average molecular weight is 555 g/mol. The van der Waals surface area contributed by atoms with E-state index in [9.17, 15) is 4.79 Å². The zero-order valence-corrected chi connectivity index (χ0v) is 23.4. The van der Waals surface area contributed by atoms with Crippen molar-refractivity contribution >= 4 is 45.7 Å². The molecule has 0 bridgehead atoms. The summed E-state index contributed by atoms with van der Waals surface area (Å²) in [5.74, 6) is 2.41. The topological polar surface area (TPSA) is 145 Å². The molecule has 1 fully saturated rings. The molecule has 0 radical (unpaired) electrons. The van der Waals surface area contributed by atoms with Gasteiger partial charge in [0.05, 0.1) is 24.8 Å². The molecule has 1 saturated heterocycles. The molecule has 1 aliphatic heterocycles. The van der Waals surface area contributed by atoms with Crippen molar-refractivity contribution in [3.05, 3.63) is 54.9 Å². The predicted octanol–water partition coefficient (Wildman–Crippen LogP) is 4.26. The zero-order chi connectivity index (χ0) is 28.7. The summed E-state index contributed by atoms with van der Waals surface area (Å²) in [4.78, 5) is 40.8. The Bertz CT molecular complexity index is 1760. The number of aromatic nitrogens is 7. The molecule has 0 unspecified atom stereocenters. The van der Waals surface area contributed by atoms with E-state index in [1.165, 1.54) is 6.33 Å². The molecule has 1 amide bonds. The lowest BCUT2D eigenvalue weighted by molar-refractivity contribution is 0.0495. The Morgan fingerprint density at radius 3 is 2.63 bits per heavy atom. The van der Waals surface area contributed by atoms with E-state index in [2.05, 4.69) is 35.6 Å². The van der Waals surface area contributed by atoms with Gasteiger partial charge < -0.3 is 29.6 Å². The SMILES string of the molecule is Cc1cc(Nc2ncnc3cnc(N4CC(NC(=O)OC(C)(C)C)C4)nc23)ccc1Oc1cnc2c(c1)ncn2C. The molecule has 1 aromatic carbocycles. The lowest BCUT2D eigenvalue weighted by Gasteiger charge is -2.39. The van der Waals surface area contributed by atoms with Gasteiger partial charge in [-0.05, 0) is 51.5 Å². The number of benzene rings is 1. The normalized spacial score (nSPS) is 13.7. The van der Waals surface area contributed by atoms with Crippen LogP contribution in [0.25, 0.3) is 22.2 Å². The second-order valence-electron chi connectivity index (χ2n) is 11.0. The number of ether oxygens (including phenoxy) is 2. The number of rotatable bonds is 6. The standard InChI is InChI=1S/C28H30N10O3/c1-16-8-17(6-7-22(16)40-19-9-20-25(29-10-19)37(5)15-33-20)34-24-23-21(31-14-32-24)11-30-26(36-23)38-12-18(13-38)35-27(39)41-28(2,3)4/h6-11,14-15,18H,12-13H2,1-5H3,(H,35,39)(H,31,32,34). The van der Waals surface area contributed by atoms with Crippen molar-refractivity contribution in [2.45, 2.75) is 39.3 Å². The van der Waals surface area contributed by atoms with Crippen molar-refractivity contribution in [3.63, 3.8) is 0 Å². The van der Waals surface area contributed by atoms with Gasteiger partial charge in [-0.3, -0.25) is 0 Å². The number of hydrogen-bond acceptors (Lipinski definition) is 11. The Labute approximate surface area is 236 Å². The molecule has 2 N–H and O–H groups in total. The molecule has 13 nitrogen and oxygen atoms in total. The highest BCUT2D eigenvalue weighted by molar-refractivity contribution is 5.87. The maximum absolute atomic E-state index is 12.1. The third-order valence-corrected chi connectivity index (χ3v) is 6.44. The number of alkyl carbamates (subject to hydrolysis) is 1. The summed E-state index contributed by atoms with van der Waals surface area (Å²) in [5.41, 5.74) is 3.97. The van der Waals surface area contributed by atoms with Gasteiger partial charge in [-0.2, -0.15) is 0 Å². The van der Waals surface area contributed by atoms with Crippen LogP contribution in [0.4, 0.5) is 22.2 Å². The molecule has 0 saturated carbocycles. The highest BCUT2D eigenvalue weighted by atomic mass is 16.6. The van der Waals surface area contributed by atoms with Crippen LogP contribution >= 0.6 is 0 Å². The van der Waals surface area contributed by atoms with Crippen molar-refractivity contribution < 1.29 is 14.3 Å². The molecule has 6 rings (SSSR count). The average Bonchev–Trinajstić information content (AvgIpc) is 3.26. The number of anilines is 3. The number of imidazole rings is 1. The molecule has 0 spiro atoms. The highest BCUT2D eigenvalue weighted by Gasteiger charge is 2.31. The fraction of sp³-hybridized carbons (Fsp3) is 0.321. The molecule has 5 aromatic rings. The smallest absolute Gasteiger partial charge is 0.407 e. The Hall–Kier alpha value is -5.07. The van der Waals surface area contributed by atoms with Gasteiger partial charge in [0.25, 0.3) is 0 Å². The van der Waals surface area contributed by atoms with Gasteiger partial charge in [-0.1, -0.05) is 0 Å². The van der Waals surface area contributed by atoms with Crippen molar-refractivity contribution in [3.8, 4) is 11.5 Å². The quantitative estimate of drug-likeness (QED) is 0.310. The number of fused-ring (bicyclic) bond motifs is 2. The van der Waals surface area contributed by atoms with Gasteiger partial charge >= 0.3 is 6.09 Å². The number of amides is 1. The zero-order valence-electron chi connectivity index (χ0n) is 23.4. The third-order valence-electron chi connectivity index (χ3n) is 6.44. The Morgan fingerprint density at radius 2 is 1.85 bits per heavy atom. The molecule has 210 valence electrons. The minimum Gasteiger partial charge on any atom is -0.455 e. The summed E-state index contributed by atoms with van der Waals surface area (Å²) in [6, 6.07) is 7.60. The number of nitrogens with one attached hydrogen (secondary N) is 2. The largest absolute Gasteiger partial charge is 0.455 e. The first-order chi connectivity index (χ1) is 19.6. The van der Waals surface area contributed by atoms with Crippen LogP contribution in [0.5, 0.6) is 11.5 Å². The van der Waals surface area contributed by atoms with Crippen LogP contribution in [0.1, 0.15) is 26.3 Å². The van der Waals surface area contributed by atoms with Gasteiger partial charge in [-0.25, -0.2) is 34.7 Å². The minimum absolute atomic E-state index is 0.0425. The Kier molecular flexibility index (Phi) is 6.48. The van der Waals surface area contributed by atoms with Crippen molar-refractivity contribution in [1.29, 1.82) is 0 Å². The summed E-state index contributed by atoms with van der Waals surface area (Å²) >= 11 is 0. The second kappa shape index (κ2) is 10.2. The molecule has 0 atom stereocenters. The van der Waals surface area contributed by atoms with Gasteiger partial charge in [0, 0.05) is 31.9 Å². The first-order valence-electron chi connectivity index (χ1n) is 13.2.